The minimum atomic E-state index is -2.57. The Kier molecular flexibility index (Phi) is 2.68. The van der Waals surface area contributed by atoms with Crippen LogP contribution in [0.25, 0.3) is 0 Å². The Hall–Kier alpha value is -0.220. The topological polar surface area (TPSA) is 23.5 Å². The molecule has 2 nitrogen and oxygen atoms in total. The van der Waals surface area contributed by atoms with Crippen LogP contribution >= 0.6 is 0 Å². The summed E-state index contributed by atoms with van der Waals surface area (Å²) in [5.74, 6) is -2.63. The van der Waals surface area contributed by atoms with Gasteiger partial charge in [-0.05, 0) is 13.0 Å². The lowest BCUT2D eigenvalue weighted by Crippen LogP contribution is -2.32. The van der Waals surface area contributed by atoms with Crippen molar-refractivity contribution >= 4 is 0 Å². The maximum atomic E-state index is 12.8. The van der Waals surface area contributed by atoms with E-state index in [-0.39, 0.29) is 31.5 Å². The summed E-state index contributed by atoms with van der Waals surface area (Å²) in [5.41, 5.74) is 0. The Morgan fingerprint density at radius 1 is 1.67 bits per heavy atom. The van der Waals surface area contributed by atoms with Crippen LogP contribution in [0.4, 0.5) is 8.78 Å². The van der Waals surface area contributed by atoms with Gasteiger partial charge in [-0.15, -0.1) is 0 Å². The van der Waals surface area contributed by atoms with Crippen LogP contribution in [0, 0.1) is 5.92 Å². The third-order valence-corrected chi connectivity index (χ3v) is 2.50. The van der Waals surface area contributed by atoms with Gasteiger partial charge in [0.25, 0.3) is 5.92 Å². The third kappa shape index (κ3) is 1.93. The van der Waals surface area contributed by atoms with E-state index >= 15 is 0 Å². The van der Waals surface area contributed by atoms with Crippen molar-refractivity contribution in [3.8, 4) is 0 Å². The number of likely N-dealkylation sites (tertiary alicyclic amines) is 1. The van der Waals surface area contributed by atoms with Gasteiger partial charge in [-0.3, -0.25) is 4.90 Å². The number of nitrogens with zero attached hydrogens (tertiary/aromatic N) is 1. The van der Waals surface area contributed by atoms with Crippen LogP contribution in [0.15, 0.2) is 0 Å². The van der Waals surface area contributed by atoms with Crippen molar-refractivity contribution in [3.63, 3.8) is 0 Å². The van der Waals surface area contributed by atoms with E-state index < -0.39 is 5.92 Å². The minimum Gasteiger partial charge on any atom is -0.396 e. The van der Waals surface area contributed by atoms with Gasteiger partial charge in [-0.25, -0.2) is 8.78 Å². The van der Waals surface area contributed by atoms with Crippen LogP contribution in [0.2, 0.25) is 0 Å². The van der Waals surface area contributed by atoms with Gasteiger partial charge in [0.15, 0.2) is 0 Å². The molecule has 2 atom stereocenters. The molecule has 72 valence electrons. The van der Waals surface area contributed by atoms with Crippen molar-refractivity contribution in [3.05, 3.63) is 0 Å². The summed E-state index contributed by atoms with van der Waals surface area (Å²) in [4.78, 5) is 1.63. The Morgan fingerprint density at radius 3 is 2.58 bits per heavy atom. The predicted octanol–water partition coefficient (Wildman–Crippen LogP) is 0.954. The summed E-state index contributed by atoms with van der Waals surface area (Å²) in [7, 11) is 1.68. The van der Waals surface area contributed by atoms with Crippen molar-refractivity contribution < 1.29 is 13.9 Å². The smallest absolute Gasteiger partial charge is 0.262 e. The molecule has 0 amide bonds. The van der Waals surface area contributed by atoms with E-state index in [0.29, 0.717) is 0 Å². The van der Waals surface area contributed by atoms with E-state index in [2.05, 4.69) is 0 Å². The summed E-state index contributed by atoms with van der Waals surface area (Å²) < 4.78 is 25.6. The fourth-order valence-electron chi connectivity index (χ4n) is 1.77. The van der Waals surface area contributed by atoms with Crippen molar-refractivity contribution in [1.82, 2.24) is 4.90 Å². The van der Waals surface area contributed by atoms with Gasteiger partial charge in [-0.2, -0.15) is 0 Å². The van der Waals surface area contributed by atoms with Gasteiger partial charge in [0.2, 0.25) is 0 Å². The van der Waals surface area contributed by atoms with E-state index in [4.69, 9.17) is 5.11 Å². The molecule has 1 saturated heterocycles. The Labute approximate surface area is 71.2 Å². The van der Waals surface area contributed by atoms with Crippen LogP contribution in [0.5, 0.6) is 0 Å². The van der Waals surface area contributed by atoms with Gasteiger partial charge in [0, 0.05) is 19.1 Å². The fourth-order valence-corrected chi connectivity index (χ4v) is 1.77. The van der Waals surface area contributed by atoms with Gasteiger partial charge < -0.3 is 5.11 Å². The number of aliphatic hydroxyl groups is 1. The molecule has 1 aliphatic heterocycles. The standard InChI is InChI=1S/C8H15F2NO/c1-6(4-12)7-3-8(9,10)5-11(7)2/h6-7,12H,3-5H2,1-2H3/t6-,7-/m0/s1. The number of rotatable bonds is 2. The van der Waals surface area contributed by atoms with E-state index in [9.17, 15) is 8.78 Å². The zero-order valence-corrected chi connectivity index (χ0v) is 7.43. The molecule has 4 heteroatoms. The molecule has 0 aromatic heterocycles. The molecule has 0 aliphatic carbocycles. The molecule has 1 heterocycles. The first-order valence-electron chi connectivity index (χ1n) is 4.15. The van der Waals surface area contributed by atoms with E-state index in [1.165, 1.54) is 0 Å². The molecule has 0 saturated carbocycles. The first-order chi connectivity index (χ1) is 5.46. The number of aliphatic hydroxyl groups excluding tert-OH is 1. The minimum absolute atomic E-state index is 0.0227. The predicted molar refractivity (Wildman–Crippen MR) is 42.2 cm³/mol. The molecule has 1 N–H and O–H groups in total. The van der Waals surface area contributed by atoms with E-state index in [1.54, 1.807) is 18.9 Å². The first-order valence-corrected chi connectivity index (χ1v) is 4.15. The number of alkyl halides is 2. The maximum Gasteiger partial charge on any atom is 0.262 e. The van der Waals surface area contributed by atoms with Crippen molar-refractivity contribution in [2.45, 2.75) is 25.3 Å². The molecular formula is C8H15F2NO. The number of hydrogen-bond donors (Lipinski definition) is 1. The summed E-state index contributed by atoms with van der Waals surface area (Å²) in [6.07, 6.45) is -0.120. The Balaban J connectivity index is 2.57. The highest BCUT2D eigenvalue weighted by Gasteiger charge is 2.44. The van der Waals surface area contributed by atoms with E-state index in [1.807, 2.05) is 0 Å². The average Bonchev–Trinajstić information content (AvgIpc) is 2.23. The quantitative estimate of drug-likeness (QED) is 0.682. The van der Waals surface area contributed by atoms with Gasteiger partial charge in [-0.1, -0.05) is 6.92 Å². The second-order valence-electron chi connectivity index (χ2n) is 3.70. The van der Waals surface area contributed by atoms with Gasteiger partial charge in [0.1, 0.15) is 0 Å². The SMILES string of the molecule is C[C@@H](CO)[C@@H]1CC(F)(F)CN1C. The number of halogens is 2. The molecule has 0 aromatic carbocycles. The van der Waals surface area contributed by atoms with Crippen molar-refractivity contribution in [2.75, 3.05) is 20.2 Å². The molecule has 0 spiro atoms. The summed E-state index contributed by atoms with van der Waals surface area (Å²) in [5, 5.41) is 8.81. The monoisotopic (exact) mass is 179 g/mol. The molecule has 0 bridgehead atoms. The lowest BCUT2D eigenvalue weighted by Gasteiger charge is -2.23. The highest BCUT2D eigenvalue weighted by Crippen LogP contribution is 2.33. The molecule has 1 aliphatic rings. The zero-order chi connectivity index (χ0) is 9.35. The zero-order valence-electron chi connectivity index (χ0n) is 7.43. The summed E-state index contributed by atoms with van der Waals surface area (Å²) in [6, 6.07) is -0.176. The fraction of sp³-hybridized carbons (Fsp3) is 1.00. The highest BCUT2D eigenvalue weighted by molar-refractivity contribution is 4.90. The van der Waals surface area contributed by atoms with Crippen LogP contribution in [0.1, 0.15) is 13.3 Å². The van der Waals surface area contributed by atoms with Crippen molar-refractivity contribution in [1.29, 1.82) is 0 Å². The summed E-state index contributed by atoms with van der Waals surface area (Å²) in [6.45, 7) is 1.59. The molecular weight excluding hydrogens is 164 g/mol. The maximum absolute atomic E-state index is 12.8. The van der Waals surface area contributed by atoms with Crippen molar-refractivity contribution in [2.24, 2.45) is 5.92 Å². The molecule has 0 radical (unpaired) electrons. The highest BCUT2D eigenvalue weighted by atomic mass is 19.3. The Morgan fingerprint density at radius 2 is 2.25 bits per heavy atom. The molecule has 0 unspecified atom stereocenters. The lowest BCUT2D eigenvalue weighted by atomic mass is 10.0. The van der Waals surface area contributed by atoms with E-state index in [0.717, 1.165) is 0 Å². The third-order valence-electron chi connectivity index (χ3n) is 2.50. The summed E-state index contributed by atoms with van der Waals surface area (Å²) >= 11 is 0. The second kappa shape index (κ2) is 3.26. The molecule has 0 aromatic rings. The average molecular weight is 179 g/mol. The van der Waals surface area contributed by atoms with Gasteiger partial charge >= 0.3 is 0 Å². The van der Waals surface area contributed by atoms with Crippen LogP contribution in [-0.2, 0) is 0 Å². The lowest BCUT2D eigenvalue weighted by molar-refractivity contribution is 0.0134. The van der Waals surface area contributed by atoms with Crippen LogP contribution in [-0.4, -0.2) is 42.2 Å². The van der Waals surface area contributed by atoms with Gasteiger partial charge in [0.05, 0.1) is 6.54 Å². The normalized spacial score (nSPS) is 32.2. The second-order valence-corrected chi connectivity index (χ2v) is 3.70. The molecule has 1 fully saturated rings. The first kappa shape index (κ1) is 9.86. The molecule has 1 rings (SSSR count). The Bertz CT molecular complexity index is 163. The molecule has 12 heavy (non-hydrogen) atoms. The van der Waals surface area contributed by atoms with Crippen LogP contribution in [0.3, 0.4) is 0 Å². The largest absolute Gasteiger partial charge is 0.396 e. The number of hydrogen-bond acceptors (Lipinski definition) is 2. The van der Waals surface area contributed by atoms with Crippen LogP contribution < -0.4 is 0 Å².